The molecular weight excluding hydrogens is 248 g/mol. The Hall–Kier alpha value is -1.25. The van der Waals surface area contributed by atoms with Crippen molar-refractivity contribution in [2.75, 3.05) is 5.73 Å². The molecule has 0 aliphatic rings. The maximum atomic E-state index is 13.0. The molecule has 0 radical (unpaired) electrons. The fraction of sp³-hybridized carbons (Fsp3) is 0. The van der Waals surface area contributed by atoms with E-state index in [0.29, 0.717) is 10.7 Å². The van der Waals surface area contributed by atoms with Crippen LogP contribution >= 0.6 is 23.2 Å². The molecule has 2 aromatic carbocycles. The largest absolute Gasteiger partial charge is 0.399 e. The summed E-state index contributed by atoms with van der Waals surface area (Å²) in [6.45, 7) is 0. The van der Waals surface area contributed by atoms with Crippen LogP contribution in [0.1, 0.15) is 0 Å². The van der Waals surface area contributed by atoms with Crippen LogP contribution in [0.15, 0.2) is 36.4 Å². The Morgan fingerprint density at radius 3 is 2.31 bits per heavy atom. The van der Waals surface area contributed by atoms with E-state index < -0.39 is 5.82 Å². The van der Waals surface area contributed by atoms with Crippen LogP contribution in [0, 0.1) is 5.82 Å². The van der Waals surface area contributed by atoms with Gasteiger partial charge >= 0.3 is 0 Å². The summed E-state index contributed by atoms with van der Waals surface area (Å²) in [4.78, 5) is 0. The van der Waals surface area contributed by atoms with Crippen molar-refractivity contribution in [3.63, 3.8) is 0 Å². The molecule has 0 aliphatic carbocycles. The van der Waals surface area contributed by atoms with Gasteiger partial charge in [0.2, 0.25) is 0 Å². The van der Waals surface area contributed by atoms with Gasteiger partial charge in [-0.1, -0.05) is 35.3 Å². The third-order valence-corrected chi connectivity index (χ3v) is 2.83. The van der Waals surface area contributed by atoms with Crippen LogP contribution in [-0.2, 0) is 0 Å². The summed E-state index contributed by atoms with van der Waals surface area (Å²) in [6.07, 6.45) is 0. The van der Waals surface area contributed by atoms with Gasteiger partial charge in [-0.05, 0) is 29.8 Å². The molecule has 0 atom stereocenters. The molecule has 2 rings (SSSR count). The first-order chi connectivity index (χ1) is 7.58. The zero-order chi connectivity index (χ0) is 11.7. The average Bonchev–Trinajstić information content (AvgIpc) is 2.22. The number of rotatable bonds is 1. The quantitative estimate of drug-likeness (QED) is 0.752. The number of hydrogen-bond acceptors (Lipinski definition) is 1. The first-order valence-corrected chi connectivity index (χ1v) is 5.34. The molecule has 0 heterocycles. The van der Waals surface area contributed by atoms with Crippen LogP contribution in [0.25, 0.3) is 11.1 Å². The first-order valence-electron chi connectivity index (χ1n) is 4.58. The molecule has 2 N–H and O–H groups in total. The SMILES string of the molecule is Nc1ccc(-c2ccc(F)c(Cl)c2)c(Cl)c1. The number of nitrogens with two attached hydrogens (primary N) is 1. The molecule has 2 aromatic rings. The number of benzene rings is 2. The zero-order valence-electron chi connectivity index (χ0n) is 8.18. The van der Waals surface area contributed by atoms with Crippen LogP contribution in [-0.4, -0.2) is 0 Å². The van der Waals surface area contributed by atoms with Crippen molar-refractivity contribution < 1.29 is 4.39 Å². The second-order valence-electron chi connectivity index (χ2n) is 3.37. The second-order valence-corrected chi connectivity index (χ2v) is 4.18. The van der Waals surface area contributed by atoms with Crippen molar-refractivity contribution >= 4 is 28.9 Å². The van der Waals surface area contributed by atoms with Crippen molar-refractivity contribution in [2.24, 2.45) is 0 Å². The zero-order valence-corrected chi connectivity index (χ0v) is 9.69. The molecule has 0 spiro atoms. The van der Waals surface area contributed by atoms with Crippen molar-refractivity contribution in [3.8, 4) is 11.1 Å². The third-order valence-electron chi connectivity index (χ3n) is 2.22. The van der Waals surface area contributed by atoms with Crippen molar-refractivity contribution in [1.82, 2.24) is 0 Å². The predicted octanol–water partition coefficient (Wildman–Crippen LogP) is 4.38. The number of anilines is 1. The van der Waals surface area contributed by atoms with Gasteiger partial charge in [-0.15, -0.1) is 0 Å². The van der Waals surface area contributed by atoms with Crippen molar-refractivity contribution in [2.45, 2.75) is 0 Å². The van der Waals surface area contributed by atoms with Crippen LogP contribution in [0.4, 0.5) is 10.1 Å². The van der Waals surface area contributed by atoms with Crippen LogP contribution < -0.4 is 5.73 Å². The monoisotopic (exact) mass is 255 g/mol. The lowest BCUT2D eigenvalue weighted by Gasteiger charge is -2.06. The Bertz CT molecular complexity index is 541. The summed E-state index contributed by atoms with van der Waals surface area (Å²) in [7, 11) is 0. The summed E-state index contributed by atoms with van der Waals surface area (Å²) in [5, 5.41) is 0.591. The van der Waals surface area contributed by atoms with E-state index in [1.165, 1.54) is 12.1 Å². The van der Waals surface area contributed by atoms with E-state index in [0.717, 1.165) is 11.1 Å². The lowest BCUT2D eigenvalue weighted by Crippen LogP contribution is -1.87. The molecule has 16 heavy (non-hydrogen) atoms. The van der Waals surface area contributed by atoms with Crippen LogP contribution in [0.2, 0.25) is 10.0 Å². The second kappa shape index (κ2) is 4.32. The minimum atomic E-state index is -0.447. The Kier molecular flexibility index (Phi) is 3.03. The van der Waals surface area contributed by atoms with Crippen molar-refractivity contribution in [1.29, 1.82) is 0 Å². The summed E-state index contributed by atoms with van der Waals surface area (Å²) in [5.41, 5.74) is 7.71. The van der Waals surface area contributed by atoms with Crippen LogP contribution in [0.3, 0.4) is 0 Å². The topological polar surface area (TPSA) is 26.0 Å². The Morgan fingerprint density at radius 1 is 0.938 bits per heavy atom. The van der Waals surface area contributed by atoms with E-state index in [1.54, 1.807) is 24.3 Å². The summed E-state index contributed by atoms with van der Waals surface area (Å²) in [6, 6.07) is 9.63. The normalized spacial score (nSPS) is 10.4. The van der Waals surface area contributed by atoms with E-state index in [2.05, 4.69) is 0 Å². The highest BCUT2D eigenvalue weighted by molar-refractivity contribution is 6.34. The number of nitrogen functional groups attached to an aromatic ring is 1. The Morgan fingerprint density at radius 2 is 1.69 bits per heavy atom. The molecule has 0 saturated heterocycles. The maximum Gasteiger partial charge on any atom is 0.141 e. The molecule has 82 valence electrons. The van der Waals surface area contributed by atoms with Gasteiger partial charge in [0.25, 0.3) is 0 Å². The van der Waals surface area contributed by atoms with E-state index in [-0.39, 0.29) is 5.02 Å². The summed E-state index contributed by atoms with van der Waals surface area (Å²) < 4.78 is 13.0. The lowest BCUT2D eigenvalue weighted by molar-refractivity contribution is 0.628. The average molecular weight is 256 g/mol. The molecule has 0 saturated carbocycles. The Balaban J connectivity index is 2.54. The molecule has 0 aromatic heterocycles. The van der Waals surface area contributed by atoms with Crippen molar-refractivity contribution in [3.05, 3.63) is 52.3 Å². The van der Waals surface area contributed by atoms with Gasteiger partial charge in [-0.25, -0.2) is 4.39 Å². The van der Waals surface area contributed by atoms with E-state index in [9.17, 15) is 4.39 Å². The van der Waals surface area contributed by atoms with Gasteiger partial charge in [-0.3, -0.25) is 0 Å². The third kappa shape index (κ3) is 2.13. The van der Waals surface area contributed by atoms with Gasteiger partial charge in [0, 0.05) is 11.3 Å². The summed E-state index contributed by atoms with van der Waals surface area (Å²) in [5.74, 6) is -0.447. The molecule has 0 unspecified atom stereocenters. The lowest BCUT2D eigenvalue weighted by atomic mass is 10.1. The maximum absolute atomic E-state index is 13.0. The number of hydrogen-bond donors (Lipinski definition) is 1. The smallest absolute Gasteiger partial charge is 0.141 e. The standard InChI is InChI=1S/C12H8Cl2FN/c13-10-6-8(16)2-3-9(10)7-1-4-12(15)11(14)5-7/h1-6H,16H2. The molecule has 0 amide bonds. The van der Waals surface area contributed by atoms with Gasteiger partial charge < -0.3 is 5.73 Å². The molecule has 0 fully saturated rings. The highest BCUT2D eigenvalue weighted by Gasteiger charge is 2.06. The molecule has 4 heteroatoms. The minimum absolute atomic E-state index is 0.0744. The van der Waals surface area contributed by atoms with E-state index in [4.69, 9.17) is 28.9 Å². The fourth-order valence-corrected chi connectivity index (χ4v) is 1.91. The highest BCUT2D eigenvalue weighted by atomic mass is 35.5. The van der Waals surface area contributed by atoms with Crippen LogP contribution in [0.5, 0.6) is 0 Å². The summed E-state index contributed by atoms with van der Waals surface area (Å²) >= 11 is 11.7. The minimum Gasteiger partial charge on any atom is -0.399 e. The molecule has 0 bridgehead atoms. The fourth-order valence-electron chi connectivity index (χ4n) is 1.43. The molecule has 1 nitrogen and oxygen atoms in total. The van der Waals surface area contributed by atoms with Gasteiger partial charge in [0.15, 0.2) is 0 Å². The molecule has 0 aliphatic heterocycles. The van der Waals surface area contributed by atoms with E-state index >= 15 is 0 Å². The van der Waals surface area contributed by atoms with Gasteiger partial charge in [-0.2, -0.15) is 0 Å². The Labute approximate surface area is 103 Å². The number of halogens is 3. The predicted molar refractivity (Wildman–Crippen MR) is 66.3 cm³/mol. The highest BCUT2D eigenvalue weighted by Crippen LogP contribution is 2.31. The van der Waals surface area contributed by atoms with Gasteiger partial charge in [0.05, 0.1) is 10.0 Å². The molecular formula is C12H8Cl2FN. The van der Waals surface area contributed by atoms with Gasteiger partial charge in [0.1, 0.15) is 5.82 Å². The first kappa shape index (κ1) is 11.2. The van der Waals surface area contributed by atoms with E-state index in [1.807, 2.05) is 0 Å².